The molecule has 27 heavy (non-hydrogen) atoms. The van der Waals surface area contributed by atoms with Crippen molar-refractivity contribution < 1.29 is 13.7 Å². The molecule has 0 bridgehead atoms. The Kier molecular flexibility index (Phi) is 3.92. The Balaban J connectivity index is 1.67. The van der Waals surface area contributed by atoms with Gasteiger partial charge in [-0.2, -0.15) is 0 Å². The molecule has 0 atom stereocenters. The number of piperidine rings is 1. The van der Waals surface area contributed by atoms with Crippen LogP contribution in [-0.4, -0.2) is 34.0 Å². The number of hydrogen-bond donors (Lipinski definition) is 0. The predicted octanol–water partition coefficient (Wildman–Crippen LogP) is 4.53. The molecular weight excluding hydrogens is 345 g/mol. The van der Waals surface area contributed by atoms with Crippen molar-refractivity contribution in [2.75, 3.05) is 13.1 Å². The van der Waals surface area contributed by atoms with Crippen molar-refractivity contribution in [3.05, 3.63) is 47.4 Å². The number of amides is 1. The lowest BCUT2D eigenvalue weighted by Crippen LogP contribution is -2.35. The molecule has 3 heterocycles. The zero-order valence-electron chi connectivity index (χ0n) is 14.9. The first-order valence-corrected chi connectivity index (χ1v) is 9.56. The number of nitrogens with zero attached hydrogens (tertiary/aromatic N) is 3. The number of pyridine rings is 1. The van der Waals surface area contributed by atoms with Crippen LogP contribution in [0.25, 0.3) is 22.4 Å². The fourth-order valence-corrected chi connectivity index (χ4v) is 3.80. The molecule has 1 saturated carbocycles. The minimum absolute atomic E-state index is 0.00978. The maximum Gasteiger partial charge on any atom is 0.259 e. The van der Waals surface area contributed by atoms with E-state index >= 15 is 0 Å². The Morgan fingerprint density at radius 3 is 2.56 bits per heavy atom. The van der Waals surface area contributed by atoms with Crippen LogP contribution in [0, 0.1) is 5.82 Å². The maximum atomic E-state index is 13.3. The van der Waals surface area contributed by atoms with E-state index in [0.29, 0.717) is 33.8 Å². The standard InChI is InChI=1S/C21H20FN3O2/c22-15-8-6-14(7-9-15)19-18-16(21(26)25-10-2-1-3-11-25)12-17(13-4-5-13)23-20(18)27-24-19/h6-9,12-13H,1-5,10-11H2. The number of rotatable bonds is 3. The molecule has 0 radical (unpaired) electrons. The van der Waals surface area contributed by atoms with Crippen molar-refractivity contribution in [2.45, 2.75) is 38.0 Å². The lowest BCUT2D eigenvalue weighted by molar-refractivity contribution is 0.0726. The van der Waals surface area contributed by atoms with Gasteiger partial charge in [-0.1, -0.05) is 5.16 Å². The molecule has 1 aliphatic carbocycles. The molecule has 1 aromatic carbocycles. The summed E-state index contributed by atoms with van der Waals surface area (Å²) in [5.74, 6) is 0.0996. The van der Waals surface area contributed by atoms with Crippen LogP contribution in [0.5, 0.6) is 0 Å². The predicted molar refractivity (Wildman–Crippen MR) is 98.9 cm³/mol. The Labute approximate surface area is 156 Å². The quantitative estimate of drug-likeness (QED) is 0.684. The monoisotopic (exact) mass is 365 g/mol. The summed E-state index contributed by atoms with van der Waals surface area (Å²) in [6.07, 6.45) is 5.41. The second kappa shape index (κ2) is 6.44. The molecule has 5 nitrogen and oxygen atoms in total. The zero-order chi connectivity index (χ0) is 18.4. The highest BCUT2D eigenvalue weighted by Crippen LogP contribution is 2.41. The molecule has 1 saturated heterocycles. The molecule has 5 rings (SSSR count). The van der Waals surface area contributed by atoms with E-state index in [1.54, 1.807) is 12.1 Å². The Bertz CT molecular complexity index is 1000. The van der Waals surface area contributed by atoms with Crippen LogP contribution in [0.1, 0.15) is 54.1 Å². The molecule has 138 valence electrons. The van der Waals surface area contributed by atoms with E-state index in [-0.39, 0.29) is 11.7 Å². The third-order valence-corrected chi connectivity index (χ3v) is 5.45. The van der Waals surface area contributed by atoms with E-state index < -0.39 is 0 Å². The zero-order valence-corrected chi connectivity index (χ0v) is 14.9. The van der Waals surface area contributed by atoms with Gasteiger partial charge in [0.2, 0.25) is 0 Å². The number of halogens is 1. The highest BCUT2D eigenvalue weighted by molar-refractivity contribution is 6.09. The van der Waals surface area contributed by atoms with E-state index in [9.17, 15) is 9.18 Å². The van der Waals surface area contributed by atoms with Gasteiger partial charge in [-0.3, -0.25) is 4.79 Å². The summed E-state index contributed by atoms with van der Waals surface area (Å²) >= 11 is 0. The summed E-state index contributed by atoms with van der Waals surface area (Å²) < 4.78 is 18.8. The van der Waals surface area contributed by atoms with E-state index in [4.69, 9.17) is 4.52 Å². The third-order valence-electron chi connectivity index (χ3n) is 5.45. The summed E-state index contributed by atoms with van der Waals surface area (Å²) in [6.45, 7) is 1.55. The van der Waals surface area contributed by atoms with Crippen LogP contribution in [0.3, 0.4) is 0 Å². The van der Waals surface area contributed by atoms with E-state index in [0.717, 1.165) is 50.9 Å². The van der Waals surface area contributed by atoms with E-state index in [1.165, 1.54) is 12.1 Å². The van der Waals surface area contributed by atoms with Crippen molar-refractivity contribution >= 4 is 17.0 Å². The van der Waals surface area contributed by atoms with Gasteiger partial charge in [0.1, 0.15) is 11.5 Å². The molecular formula is C21H20FN3O2. The first-order chi connectivity index (χ1) is 13.2. The lowest BCUT2D eigenvalue weighted by Gasteiger charge is -2.27. The first-order valence-electron chi connectivity index (χ1n) is 9.56. The van der Waals surface area contributed by atoms with Gasteiger partial charge in [0.05, 0.1) is 10.9 Å². The average molecular weight is 365 g/mol. The van der Waals surface area contributed by atoms with Gasteiger partial charge in [-0.05, 0) is 62.4 Å². The van der Waals surface area contributed by atoms with Gasteiger partial charge < -0.3 is 9.42 Å². The van der Waals surface area contributed by atoms with Gasteiger partial charge >= 0.3 is 0 Å². The molecule has 2 fully saturated rings. The molecule has 2 aromatic heterocycles. The van der Waals surface area contributed by atoms with Crippen LogP contribution in [-0.2, 0) is 0 Å². The largest absolute Gasteiger partial charge is 0.339 e. The molecule has 0 N–H and O–H groups in total. The van der Waals surface area contributed by atoms with Crippen LogP contribution >= 0.6 is 0 Å². The SMILES string of the molecule is O=C(c1cc(C2CC2)nc2onc(-c3ccc(F)cc3)c12)N1CCCCC1. The normalized spacial score (nSPS) is 17.4. The number of carbonyl (C=O) groups is 1. The van der Waals surface area contributed by atoms with Crippen molar-refractivity contribution in [2.24, 2.45) is 0 Å². The van der Waals surface area contributed by atoms with Gasteiger partial charge in [-0.25, -0.2) is 9.37 Å². The summed E-state index contributed by atoms with van der Waals surface area (Å²) in [5.41, 5.74) is 3.15. The van der Waals surface area contributed by atoms with Crippen LogP contribution in [0.2, 0.25) is 0 Å². The summed E-state index contributed by atoms with van der Waals surface area (Å²) in [6, 6.07) is 7.98. The fourth-order valence-electron chi connectivity index (χ4n) is 3.80. The van der Waals surface area contributed by atoms with Gasteiger partial charge in [-0.15, -0.1) is 0 Å². The molecule has 1 aliphatic heterocycles. The van der Waals surface area contributed by atoms with Crippen molar-refractivity contribution in [3.63, 3.8) is 0 Å². The van der Waals surface area contributed by atoms with Crippen LogP contribution in [0.4, 0.5) is 4.39 Å². The molecule has 1 amide bonds. The van der Waals surface area contributed by atoms with Gasteiger partial charge in [0, 0.05) is 30.3 Å². The number of carbonyl (C=O) groups excluding carboxylic acids is 1. The topological polar surface area (TPSA) is 59.2 Å². The highest BCUT2D eigenvalue weighted by Gasteiger charge is 2.31. The van der Waals surface area contributed by atoms with Crippen molar-refractivity contribution in [1.82, 2.24) is 15.0 Å². The molecule has 3 aromatic rings. The Morgan fingerprint density at radius 2 is 1.85 bits per heavy atom. The van der Waals surface area contributed by atoms with Crippen molar-refractivity contribution in [1.29, 1.82) is 0 Å². The molecule has 6 heteroatoms. The smallest absolute Gasteiger partial charge is 0.259 e. The third kappa shape index (κ3) is 2.99. The number of fused-ring (bicyclic) bond motifs is 1. The van der Waals surface area contributed by atoms with Crippen molar-refractivity contribution in [3.8, 4) is 11.3 Å². The minimum atomic E-state index is -0.315. The lowest BCUT2D eigenvalue weighted by atomic mass is 10.0. The molecule has 0 unspecified atom stereocenters. The van der Waals surface area contributed by atoms with Crippen LogP contribution in [0.15, 0.2) is 34.9 Å². The minimum Gasteiger partial charge on any atom is -0.339 e. The summed E-state index contributed by atoms with van der Waals surface area (Å²) in [7, 11) is 0. The highest BCUT2D eigenvalue weighted by atomic mass is 19.1. The maximum absolute atomic E-state index is 13.3. The number of likely N-dealkylation sites (tertiary alicyclic amines) is 1. The second-order valence-corrected chi connectivity index (χ2v) is 7.44. The summed E-state index contributed by atoms with van der Waals surface area (Å²) in [4.78, 5) is 19.8. The van der Waals surface area contributed by atoms with E-state index in [2.05, 4.69) is 10.1 Å². The number of benzene rings is 1. The van der Waals surface area contributed by atoms with Crippen LogP contribution < -0.4 is 0 Å². The number of hydrogen-bond acceptors (Lipinski definition) is 4. The second-order valence-electron chi connectivity index (χ2n) is 7.44. The van der Waals surface area contributed by atoms with Gasteiger partial charge in [0.25, 0.3) is 11.6 Å². The first kappa shape index (κ1) is 16.4. The number of aromatic nitrogens is 2. The molecule has 2 aliphatic rings. The van der Waals surface area contributed by atoms with E-state index in [1.807, 2.05) is 11.0 Å². The average Bonchev–Trinajstić information content (AvgIpc) is 3.48. The van der Waals surface area contributed by atoms with Gasteiger partial charge in [0.15, 0.2) is 0 Å². The fraction of sp³-hybridized carbons (Fsp3) is 0.381. The molecule has 0 spiro atoms. The Morgan fingerprint density at radius 1 is 1.11 bits per heavy atom. The summed E-state index contributed by atoms with van der Waals surface area (Å²) in [5, 5.41) is 4.80. The Hall–Kier alpha value is -2.76.